The molecule has 0 aromatic heterocycles. The Bertz CT molecular complexity index is 269. The van der Waals surface area contributed by atoms with Gasteiger partial charge in [0, 0.05) is 5.70 Å². The van der Waals surface area contributed by atoms with Crippen LogP contribution >= 0.6 is 0 Å². The second-order valence-corrected chi connectivity index (χ2v) is 2.94. The first-order valence-corrected chi connectivity index (χ1v) is 4.25. The smallest absolute Gasteiger partial charge is 0.0702 e. The second kappa shape index (κ2) is 4.67. The monoisotopic (exact) mass is 177 g/mol. The highest BCUT2D eigenvalue weighted by molar-refractivity contribution is 5.14. The van der Waals surface area contributed by atoms with Crippen LogP contribution in [-0.2, 0) is 11.4 Å². The molecule has 0 saturated heterocycles. The quantitative estimate of drug-likeness (QED) is 0.655. The van der Waals surface area contributed by atoms with E-state index < -0.39 is 0 Å². The van der Waals surface area contributed by atoms with Crippen molar-refractivity contribution in [2.24, 2.45) is 0 Å². The average Bonchev–Trinajstić information content (AvgIpc) is 2.15. The summed E-state index contributed by atoms with van der Waals surface area (Å²) >= 11 is 0. The van der Waals surface area contributed by atoms with Gasteiger partial charge >= 0.3 is 0 Å². The lowest BCUT2D eigenvalue weighted by Crippen LogP contribution is -2.18. The zero-order valence-electron chi connectivity index (χ0n) is 8.16. The topological polar surface area (TPSA) is 12.5 Å². The van der Waals surface area contributed by atoms with Gasteiger partial charge in [0.2, 0.25) is 0 Å². The fourth-order valence-electron chi connectivity index (χ4n) is 1.10. The molecule has 2 heteroatoms. The van der Waals surface area contributed by atoms with Gasteiger partial charge in [0.25, 0.3) is 0 Å². The van der Waals surface area contributed by atoms with Crippen LogP contribution in [0.4, 0.5) is 0 Å². The van der Waals surface area contributed by atoms with E-state index in [0.29, 0.717) is 0 Å². The molecule has 0 unspecified atom stereocenters. The van der Waals surface area contributed by atoms with Crippen LogP contribution in [0.2, 0.25) is 0 Å². The predicted octanol–water partition coefficient (Wildman–Crippen LogP) is 2.58. The maximum Gasteiger partial charge on any atom is 0.0702 e. The van der Waals surface area contributed by atoms with Crippen molar-refractivity contribution < 1.29 is 4.84 Å². The molecule has 0 saturated carbocycles. The van der Waals surface area contributed by atoms with Crippen molar-refractivity contribution in [3.8, 4) is 0 Å². The molecule has 0 spiro atoms. The van der Waals surface area contributed by atoms with E-state index in [-0.39, 0.29) is 0 Å². The van der Waals surface area contributed by atoms with Crippen molar-refractivity contribution >= 4 is 0 Å². The molecule has 0 aliphatic rings. The fourth-order valence-corrected chi connectivity index (χ4v) is 1.10. The predicted molar refractivity (Wildman–Crippen MR) is 53.8 cm³/mol. The molecule has 13 heavy (non-hydrogen) atoms. The van der Waals surface area contributed by atoms with Crippen molar-refractivity contribution in [2.75, 3.05) is 7.11 Å². The second-order valence-electron chi connectivity index (χ2n) is 2.94. The van der Waals surface area contributed by atoms with E-state index in [9.17, 15) is 0 Å². The Morgan fingerprint density at radius 3 is 2.46 bits per heavy atom. The lowest BCUT2D eigenvalue weighted by Gasteiger charge is -2.21. The fraction of sp³-hybridized carbons (Fsp3) is 0.273. The minimum Gasteiger partial charge on any atom is -0.277 e. The molecule has 0 aliphatic carbocycles. The van der Waals surface area contributed by atoms with Crippen molar-refractivity contribution in [1.82, 2.24) is 5.06 Å². The molecule has 2 nitrogen and oxygen atoms in total. The summed E-state index contributed by atoms with van der Waals surface area (Å²) in [6, 6.07) is 10.2. The third kappa shape index (κ3) is 2.92. The Hall–Kier alpha value is -1.28. The van der Waals surface area contributed by atoms with E-state index in [4.69, 9.17) is 4.84 Å². The van der Waals surface area contributed by atoms with E-state index in [2.05, 4.69) is 18.7 Å². The van der Waals surface area contributed by atoms with E-state index in [1.807, 2.05) is 25.1 Å². The van der Waals surface area contributed by atoms with Crippen molar-refractivity contribution in [3.05, 3.63) is 48.2 Å². The van der Waals surface area contributed by atoms with E-state index >= 15 is 0 Å². The number of hydroxylamine groups is 2. The third-order valence-electron chi connectivity index (χ3n) is 1.82. The lowest BCUT2D eigenvalue weighted by atomic mass is 10.2. The number of nitrogens with zero attached hydrogens (tertiary/aromatic N) is 1. The van der Waals surface area contributed by atoms with E-state index in [1.165, 1.54) is 5.56 Å². The number of rotatable bonds is 4. The van der Waals surface area contributed by atoms with E-state index in [1.54, 1.807) is 12.2 Å². The standard InChI is InChI=1S/C11H15NO/c1-10(2)12(13-3)9-11-7-5-4-6-8-11/h4-8H,1,9H2,2-3H3. The van der Waals surface area contributed by atoms with Crippen LogP contribution in [0.15, 0.2) is 42.6 Å². The first kappa shape index (κ1) is 9.81. The van der Waals surface area contributed by atoms with Gasteiger partial charge in [-0.3, -0.25) is 9.90 Å². The van der Waals surface area contributed by atoms with Crippen LogP contribution in [0.5, 0.6) is 0 Å². The molecule has 1 aromatic rings. The summed E-state index contributed by atoms with van der Waals surface area (Å²) in [5.74, 6) is 0. The SMILES string of the molecule is C=C(C)N(Cc1ccccc1)OC. The summed E-state index contributed by atoms with van der Waals surface area (Å²) in [6.07, 6.45) is 0. The summed E-state index contributed by atoms with van der Waals surface area (Å²) in [5.41, 5.74) is 2.12. The largest absolute Gasteiger partial charge is 0.277 e. The van der Waals surface area contributed by atoms with Crippen LogP contribution in [0.3, 0.4) is 0 Å². The number of hydrogen-bond donors (Lipinski definition) is 0. The zero-order chi connectivity index (χ0) is 9.68. The summed E-state index contributed by atoms with van der Waals surface area (Å²) in [6.45, 7) is 6.49. The van der Waals surface area contributed by atoms with Gasteiger partial charge in [-0.2, -0.15) is 0 Å². The molecule has 1 rings (SSSR count). The molecule has 0 fully saturated rings. The van der Waals surface area contributed by atoms with Gasteiger partial charge in [0.1, 0.15) is 0 Å². The summed E-state index contributed by atoms with van der Waals surface area (Å²) < 4.78 is 0. The van der Waals surface area contributed by atoms with Gasteiger partial charge in [-0.05, 0) is 12.5 Å². The molecule has 0 heterocycles. The van der Waals surface area contributed by atoms with Crippen molar-refractivity contribution in [2.45, 2.75) is 13.5 Å². The molecule has 0 N–H and O–H groups in total. The van der Waals surface area contributed by atoms with Crippen molar-refractivity contribution in [3.63, 3.8) is 0 Å². The lowest BCUT2D eigenvalue weighted by molar-refractivity contribution is -0.107. The molecule has 0 radical (unpaired) electrons. The number of benzene rings is 1. The normalized spacial score (nSPS) is 9.69. The first-order valence-electron chi connectivity index (χ1n) is 4.25. The molecular formula is C11H15NO. The summed E-state index contributed by atoms with van der Waals surface area (Å²) in [7, 11) is 1.65. The Morgan fingerprint density at radius 2 is 2.00 bits per heavy atom. The third-order valence-corrected chi connectivity index (χ3v) is 1.82. The number of allylic oxidation sites excluding steroid dienone is 1. The highest BCUT2D eigenvalue weighted by Crippen LogP contribution is 2.08. The maximum absolute atomic E-state index is 5.15. The first-order chi connectivity index (χ1) is 6.24. The van der Waals surface area contributed by atoms with Gasteiger partial charge in [0.15, 0.2) is 0 Å². The summed E-state index contributed by atoms with van der Waals surface area (Å²) in [5, 5.41) is 1.76. The summed E-state index contributed by atoms with van der Waals surface area (Å²) in [4.78, 5) is 5.15. The average molecular weight is 177 g/mol. The Labute approximate surface area is 79.4 Å². The highest BCUT2D eigenvalue weighted by atomic mass is 16.7. The minimum atomic E-state index is 0.743. The van der Waals surface area contributed by atoms with Crippen LogP contribution in [-0.4, -0.2) is 12.2 Å². The zero-order valence-corrected chi connectivity index (χ0v) is 8.16. The number of hydrogen-bond acceptors (Lipinski definition) is 2. The van der Waals surface area contributed by atoms with Crippen molar-refractivity contribution in [1.29, 1.82) is 0 Å². The van der Waals surface area contributed by atoms with Crippen LogP contribution in [0.25, 0.3) is 0 Å². The molecule has 0 aliphatic heterocycles. The molecular weight excluding hydrogens is 162 g/mol. The minimum absolute atomic E-state index is 0.743. The molecule has 0 atom stereocenters. The molecule has 70 valence electrons. The molecule has 1 aromatic carbocycles. The van der Waals surface area contributed by atoms with Gasteiger partial charge < -0.3 is 0 Å². The van der Waals surface area contributed by atoms with Gasteiger partial charge in [-0.15, -0.1) is 0 Å². The molecule has 0 amide bonds. The highest BCUT2D eigenvalue weighted by Gasteiger charge is 2.02. The Morgan fingerprint density at radius 1 is 1.38 bits per heavy atom. The van der Waals surface area contributed by atoms with Crippen LogP contribution in [0.1, 0.15) is 12.5 Å². The molecule has 0 bridgehead atoms. The van der Waals surface area contributed by atoms with Gasteiger partial charge in [-0.1, -0.05) is 36.9 Å². The maximum atomic E-state index is 5.15. The Kier molecular flexibility index (Phi) is 3.53. The van der Waals surface area contributed by atoms with Gasteiger partial charge in [0.05, 0.1) is 13.7 Å². The van der Waals surface area contributed by atoms with Crippen LogP contribution in [0, 0.1) is 0 Å². The van der Waals surface area contributed by atoms with E-state index in [0.717, 1.165) is 12.2 Å². The van der Waals surface area contributed by atoms with Crippen LogP contribution < -0.4 is 0 Å². The van der Waals surface area contributed by atoms with Gasteiger partial charge in [-0.25, -0.2) is 0 Å². The Balaban J connectivity index is 2.62.